The van der Waals surface area contributed by atoms with E-state index in [0.29, 0.717) is 24.5 Å². The van der Waals surface area contributed by atoms with Gasteiger partial charge in [-0.05, 0) is 13.8 Å². The average molecular weight is 221 g/mol. The minimum atomic E-state index is -0.218. The third-order valence-electron chi connectivity index (χ3n) is 2.34. The summed E-state index contributed by atoms with van der Waals surface area (Å²) in [6.45, 7) is 5.05. The number of anilines is 1. The van der Waals surface area contributed by atoms with E-state index >= 15 is 0 Å². The van der Waals surface area contributed by atoms with Crippen LogP contribution in [0.2, 0.25) is 0 Å². The SMILES string of the molecule is CCN(CC)C(=O)Nc1c(C#N)cnn1C. The molecule has 1 heterocycles. The maximum atomic E-state index is 11.8. The molecule has 0 aliphatic carbocycles. The van der Waals surface area contributed by atoms with Crippen LogP contribution in [0.15, 0.2) is 6.20 Å². The fourth-order valence-electron chi connectivity index (χ4n) is 1.36. The molecule has 16 heavy (non-hydrogen) atoms. The Kier molecular flexibility index (Phi) is 3.89. The number of nitrogens with zero attached hydrogens (tertiary/aromatic N) is 4. The van der Waals surface area contributed by atoms with Crippen molar-refractivity contribution in [1.29, 1.82) is 5.26 Å². The smallest absolute Gasteiger partial charge is 0.323 e. The van der Waals surface area contributed by atoms with E-state index < -0.39 is 0 Å². The quantitative estimate of drug-likeness (QED) is 0.832. The maximum Gasteiger partial charge on any atom is 0.323 e. The van der Waals surface area contributed by atoms with Gasteiger partial charge in [0.2, 0.25) is 0 Å². The Labute approximate surface area is 94.5 Å². The van der Waals surface area contributed by atoms with Crippen LogP contribution in [0, 0.1) is 11.3 Å². The summed E-state index contributed by atoms with van der Waals surface area (Å²) in [5.74, 6) is 0.430. The number of carbonyl (C=O) groups is 1. The Morgan fingerprint density at radius 2 is 2.25 bits per heavy atom. The van der Waals surface area contributed by atoms with Crippen LogP contribution < -0.4 is 5.32 Å². The average Bonchev–Trinajstić information content (AvgIpc) is 2.62. The molecule has 0 radical (unpaired) electrons. The number of amides is 2. The van der Waals surface area contributed by atoms with E-state index in [1.807, 2.05) is 19.9 Å². The standard InChI is InChI=1S/C10H15N5O/c1-4-15(5-2)10(16)13-9-8(6-11)7-12-14(9)3/h7H,4-5H2,1-3H3,(H,13,16). The number of nitriles is 1. The number of nitrogens with one attached hydrogen (secondary N) is 1. The molecule has 2 amide bonds. The summed E-state index contributed by atoms with van der Waals surface area (Å²) in [7, 11) is 1.68. The van der Waals surface area contributed by atoms with Gasteiger partial charge < -0.3 is 4.90 Å². The molecule has 0 bridgehead atoms. The highest BCUT2D eigenvalue weighted by molar-refractivity contribution is 5.89. The molecule has 0 saturated carbocycles. The molecular formula is C10H15N5O. The van der Waals surface area contributed by atoms with E-state index in [0.717, 1.165) is 0 Å². The summed E-state index contributed by atoms with van der Waals surface area (Å²) in [5.41, 5.74) is 0.364. The first-order valence-electron chi connectivity index (χ1n) is 5.12. The van der Waals surface area contributed by atoms with Crippen LogP contribution in [0.5, 0.6) is 0 Å². The molecule has 6 nitrogen and oxygen atoms in total. The summed E-state index contributed by atoms with van der Waals surface area (Å²) in [6.07, 6.45) is 1.43. The molecule has 0 unspecified atom stereocenters. The fourth-order valence-corrected chi connectivity index (χ4v) is 1.36. The molecule has 1 aromatic rings. The van der Waals surface area contributed by atoms with Crippen molar-refractivity contribution in [1.82, 2.24) is 14.7 Å². The molecule has 0 aromatic carbocycles. The number of carbonyl (C=O) groups excluding carboxylic acids is 1. The zero-order valence-corrected chi connectivity index (χ0v) is 9.69. The Hall–Kier alpha value is -2.03. The monoisotopic (exact) mass is 221 g/mol. The second kappa shape index (κ2) is 5.16. The van der Waals surface area contributed by atoms with Crippen molar-refractivity contribution in [3.63, 3.8) is 0 Å². The maximum absolute atomic E-state index is 11.8. The van der Waals surface area contributed by atoms with Crippen molar-refractivity contribution in [3.8, 4) is 6.07 Å². The highest BCUT2D eigenvalue weighted by atomic mass is 16.2. The topological polar surface area (TPSA) is 74.0 Å². The van der Waals surface area contributed by atoms with E-state index in [1.54, 1.807) is 11.9 Å². The predicted molar refractivity (Wildman–Crippen MR) is 59.9 cm³/mol. The van der Waals surface area contributed by atoms with Crippen molar-refractivity contribution in [3.05, 3.63) is 11.8 Å². The first-order chi connectivity index (χ1) is 7.63. The van der Waals surface area contributed by atoms with Crippen molar-refractivity contribution in [2.45, 2.75) is 13.8 Å². The van der Waals surface area contributed by atoms with Crippen LogP contribution >= 0.6 is 0 Å². The number of urea groups is 1. The lowest BCUT2D eigenvalue weighted by Crippen LogP contribution is -2.35. The lowest BCUT2D eigenvalue weighted by molar-refractivity contribution is 0.217. The Morgan fingerprint density at radius 3 is 2.75 bits per heavy atom. The van der Waals surface area contributed by atoms with Crippen molar-refractivity contribution in [2.24, 2.45) is 7.05 Å². The van der Waals surface area contributed by atoms with Gasteiger partial charge in [-0.15, -0.1) is 0 Å². The van der Waals surface area contributed by atoms with Gasteiger partial charge in [0.05, 0.1) is 6.20 Å². The fraction of sp³-hybridized carbons (Fsp3) is 0.500. The van der Waals surface area contributed by atoms with Gasteiger partial charge in [-0.3, -0.25) is 10.00 Å². The molecule has 0 atom stereocenters. The lowest BCUT2D eigenvalue weighted by Gasteiger charge is -2.19. The van der Waals surface area contributed by atoms with E-state index in [1.165, 1.54) is 10.9 Å². The van der Waals surface area contributed by atoms with Crippen LogP contribution in [0.3, 0.4) is 0 Å². The van der Waals surface area contributed by atoms with Crippen molar-refractivity contribution >= 4 is 11.8 Å². The highest BCUT2D eigenvalue weighted by Gasteiger charge is 2.14. The van der Waals surface area contributed by atoms with Crippen LogP contribution in [0.25, 0.3) is 0 Å². The molecule has 6 heteroatoms. The Morgan fingerprint density at radius 1 is 1.62 bits per heavy atom. The zero-order chi connectivity index (χ0) is 12.1. The summed E-state index contributed by atoms with van der Waals surface area (Å²) >= 11 is 0. The van der Waals surface area contributed by atoms with E-state index in [-0.39, 0.29) is 6.03 Å². The number of hydrogen-bond acceptors (Lipinski definition) is 3. The Bertz CT molecular complexity index is 413. The number of hydrogen-bond donors (Lipinski definition) is 1. The normalized spacial score (nSPS) is 9.62. The predicted octanol–water partition coefficient (Wildman–Crippen LogP) is 1.17. The van der Waals surface area contributed by atoms with E-state index in [2.05, 4.69) is 10.4 Å². The van der Waals surface area contributed by atoms with Gasteiger partial charge in [0.15, 0.2) is 0 Å². The molecule has 0 aliphatic rings. The van der Waals surface area contributed by atoms with Crippen LogP contribution in [-0.2, 0) is 7.05 Å². The molecule has 1 rings (SSSR count). The molecule has 1 N–H and O–H groups in total. The molecular weight excluding hydrogens is 206 g/mol. The molecule has 0 aliphatic heterocycles. The van der Waals surface area contributed by atoms with Gasteiger partial charge in [0.1, 0.15) is 17.5 Å². The number of aryl methyl sites for hydroxylation is 1. The molecule has 0 saturated heterocycles. The van der Waals surface area contributed by atoms with Gasteiger partial charge in [0.25, 0.3) is 0 Å². The number of aromatic nitrogens is 2. The van der Waals surface area contributed by atoms with Gasteiger partial charge in [-0.2, -0.15) is 10.4 Å². The second-order valence-electron chi connectivity index (χ2n) is 3.24. The van der Waals surface area contributed by atoms with Gasteiger partial charge in [-0.25, -0.2) is 4.79 Å². The molecule has 0 spiro atoms. The van der Waals surface area contributed by atoms with Crippen molar-refractivity contribution < 1.29 is 4.79 Å². The first kappa shape index (κ1) is 12.0. The second-order valence-corrected chi connectivity index (χ2v) is 3.24. The molecule has 86 valence electrons. The first-order valence-corrected chi connectivity index (χ1v) is 5.12. The summed E-state index contributed by atoms with van der Waals surface area (Å²) in [5, 5.41) is 15.4. The van der Waals surface area contributed by atoms with Crippen LogP contribution in [0.4, 0.5) is 10.6 Å². The molecule has 1 aromatic heterocycles. The van der Waals surface area contributed by atoms with E-state index in [9.17, 15) is 4.79 Å². The lowest BCUT2D eigenvalue weighted by atomic mass is 10.3. The summed E-state index contributed by atoms with van der Waals surface area (Å²) < 4.78 is 1.47. The highest BCUT2D eigenvalue weighted by Crippen LogP contribution is 2.12. The minimum absolute atomic E-state index is 0.218. The van der Waals surface area contributed by atoms with Crippen LogP contribution in [0.1, 0.15) is 19.4 Å². The van der Waals surface area contributed by atoms with Crippen molar-refractivity contribution in [2.75, 3.05) is 18.4 Å². The third-order valence-corrected chi connectivity index (χ3v) is 2.34. The van der Waals surface area contributed by atoms with Gasteiger partial charge in [0, 0.05) is 20.1 Å². The van der Waals surface area contributed by atoms with E-state index in [4.69, 9.17) is 5.26 Å². The summed E-state index contributed by atoms with van der Waals surface area (Å²) in [6, 6.07) is 1.76. The molecule has 0 fully saturated rings. The minimum Gasteiger partial charge on any atom is -0.325 e. The van der Waals surface area contributed by atoms with Gasteiger partial charge >= 0.3 is 6.03 Å². The zero-order valence-electron chi connectivity index (χ0n) is 9.69. The van der Waals surface area contributed by atoms with Crippen LogP contribution in [-0.4, -0.2) is 33.8 Å². The van der Waals surface area contributed by atoms with Gasteiger partial charge in [-0.1, -0.05) is 0 Å². The third kappa shape index (κ3) is 2.31. The summed E-state index contributed by atoms with van der Waals surface area (Å²) in [4.78, 5) is 13.4. The largest absolute Gasteiger partial charge is 0.325 e. The Balaban J connectivity index is 2.84. The number of rotatable bonds is 3.